The Kier molecular flexibility index (Phi) is 4.39. The van der Waals surface area contributed by atoms with Crippen molar-refractivity contribution in [2.24, 2.45) is 0 Å². The molecule has 22 heavy (non-hydrogen) atoms. The Bertz CT molecular complexity index is 848. The normalized spacial score (nSPS) is 11.2. The Balaban J connectivity index is 2.39. The van der Waals surface area contributed by atoms with Gasteiger partial charge in [0.1, 0.15) is 4.90 Å². The van der Waals surface area contributed by atoms with Crippen LogP contribution in [0, 0.1) is 24.0 Å². The second kappa shape index (κ2) is 5.94. The van der Waals surface area contributed by atoms with Gasteiger partial charge in [-0.15, -0.1) is 0 Å². The van der Waals surface area contributed by atoms with Crippen LogP contribution in [0.15, 0.2) is 41.3 Å². The first-order valence-corrected chi connectivity index (χ1v) is 7.95. The van der Waals surface area contributed by atoms with Gasteiger partial charge in [0.15, 0.2) is 5.75 Å². The molecule has 0 saturated heterocycles. The summed E-state index contributed by atoms with van der Waals surface area (Å²) in [4.78, 5) is 10.0. The van der Waals surface area contributed by atoms with Crippen LogP contribution >= 0.6 is 11.6 Å². The lowest BCUT2D eigenvalue weighted by molar-refractivity contribution is -0.384. The number of nitro benzene ring substituents is 1. The number of nitro groups is 1. The van der Waals surface area contributed by atoms with Gasteiger partial charge in [-0.05, 0) is 31.5 Å². The SMILES string of the molecule is Cc1ccc(S(=O)(=O)Oc2ccc([N+](=O)[O-])cc2Cl)c(C)c1. The number of halogens is 1. The lowest BCUT2D eigenvalue weighted by atomic mass is 10.2. The first kappa shape index (κ1) is 16.3. The van der Waals surface area contributed by atoms with Crippen LogP contribution in [0.4, 0.5) is 5.69 Å². The van der Waals surface area contributed by atoms with Gasteiger partial charge in [-0.1, -0.05) is 29.3 Å². The van der Waals surface area contributed by atoms with E-state index in [1.165, 1.54) is 6.07 Å². The average molecular weight is 342 g/mol. The van der Waals surface area contributed by atoms with Gasteiger partial charge in [0.2, 0.25) is 0 Å². The largest absolute Gasteiger partial charge is 0.377 e. The van der Waals surface area contributed by atoms with Crippen molar-refractivity contribution >= 4 is 27.4 Å². The predicted molar refractivity (Wildman–Crippen MR) is 81.8 cm³/mol. The zero-order valence-electron chi connectivity index (χ0n) is 11.7. The van der Waals surface area contributed by atoms with Crippen LogP contribution in [-0.2, 0) is 10.1 Å². The van der Waals surface area contributed by atoms with Crippen molar-refractivity contribution in [1.82, 2.24) is 0 Å². The number of benzene rings is 2. The third kappa shape index (κ3) is 3.37. The van der Waals surface area contributed by atoms with Gasteiger partial charge >= 0.3 is 10.1 Å². The highest BCUT2D eigenvalue weighted by Crippen LogP contribution is 2.31. The van der Waals surface area contributed by atoms with E-state index >= 15 is 0 Å². The van der Waals surface area contributed by atoms with Crippen molar-refractivity contribution in [3.63, 3.8) is 0 Å². The Labute approximate surface area is 132 Å². The summed E-state index contributed by atoms with van der Waals surface area (Å²) in [5.74, 6) is -0.160. The molecule has 0 aliphatic rings. The van der Waals surface area contributed by atoms with Crippen LogP contribution < -0.4 is 4.18 Å². The van der Waals surface area contributed by atoms with Crippen LogP contribution in [0.2, 0.25) is 5.02 Å². The zero-order valence-corrected chi connectivity index (χ0v) is 13.3. The van der Waals surface area contributed by atoms with Crippen LogP contribution in [0.25, 0.3) is 0 Å². The third-order valence-corrected chi connectivity index (χ3v) is 4.62. The number of rotatable bonds is 4. The number of hydrogen-bond donors (Lipinski definition) is 0. The van der Waals surface area contributed by atoms with Crippen molar-refractivity contribution in [2.75, 3.05) is 0 Å². The quantitative estimate of drug-likeness (QED) is 0.481. The van der Waals surface area contributed by atoms with Gasteiger partial charge < -0.3 is 4.18 Å². The molecule has 0 fully saturated rings. The highest BCUT2D eigenvalue weighted by atomic mass is 35.5. The molecule has 0 amide bonds. The second-order valence-corrected chi connectivity index (χ2v) is 6.60. The van der Waals surface area contributed by atoms with Gasteiger partial charge in [0.25, 0.3) is 5.69 Å². The van der Waals surface area contributed by atoms with Gasteiger partial charge in [-0.25, -0.2) is 0 Å². The molecule has 0 aromatic heterocycles. The minimum absolute atomic E-state index is 0.0209. The van der Waals surface area contributed by atoms with E-state index in [9.17, 15) is 18.5 Å². The number of aryl methyl sites for hydroxylation is 2. The summed E-state index contributed by atoms with van der Waals surface area (Å²) in [6.45, 7) is 3.50. The van der Waals surface area contributed by atoms with E-state index in [0.29, 0.717) is 5.56 Å². The van der Waals surface area contributed by atoms with Crippen molar-refractivity contribution < 1.29 is 17.5 Å². The smallest absolute Gasteiger partial charge is 0.339 e. The molecule has 0 heterocycles. The van der Waals surface area contributed by atoms with E-state index < -0.39 is 15.0 Å². The Morgan fingerprint density at radius 1 is 1.14 bits per heavy atom. The van der Waals surface area contributed by atoms with Gasteiger partial charge in [-0.3, -0.25) is 10.1 Å². The summed E-state index contributed by atoms with van der Waals surface area (Å²) in [5.41, 5.74) is 1.21. The van der Waals surface area contributed by atoms with Crippen LogP contribution in [0.3, 0.4) is 0 Å². The summed E-state index contributed by atoms with van der Waals surface area (Å²) in [6, 6.07) is 8.13. The molecule has 116 valence electrons. The van der Waals surface area contributed by atoms with Crippen molar-refractivity contribution in [3.05, 3.63) is 62.7 Å². The molecule has 0 aliphatic heterocycles. The number of hydrogen-bond acceptors (Lipinski definition) is 5. The molecular formula is C14H12ClNO5S. The maximum atomic E-state index is 12.3. The van der Waals surface area contributed by atoms with E-state index in [1.807, 2.05) is 6.92 Å². The molecule has 0 spiro atoms. The van der Waals surface area contributed by atoms with Crippen LogP contribution in [-0.4, -0.2) is 13.3 Å². The first-order chi connectivity index (χ1) is 10.2. The first-order valence-electron chi connectivity index (χ1n) is 6.16. The topological polar surface area (TPSA) is 86.5 Å². The molecule has 0 unspecified atom stereocenters. The monoisotopic (exact) mass is 341 g/mol. The Morgan fingerprint density at radius 2 is 1.82 bits per heavy atom. The Morgan fingerprint density at radius 3 is 2.36 bits per heavy atom. The molecule has 2 aromatic carbocycles. The molecule has 0 N–H and O–H groups in total. The summed E-state index contributed by atoms with van der Waals surface area (Å²) in [7, 11) is -4.07. The summed E-state index contributed by atoms with van der Waals surface area (Å²) < 4.78 is 29.6. The highest BCUT2D eigenvalue weighted by molar-refractivity contribution is 7.87. The van der Waals surface area contributed by atoms with Crippen molar-refractivity contribution in [1.29, 1.82) is 0 Å². The highest BCUT2D eigenvalue weighted by Gasteiger charge is 2.21. The lowest BCUT2D eigenvalue weighted by Crippen LogP contribution is -2.11. The average Bonchev–Trinajstić information content (AvgIpc) is 2.40. The van der Waals surface area contributed by atoms with Crippen LogP contribution in [0.5, 0.6) is 5.75 Å². The fourth-order valence-corrected chi connectivity index (χ4v) is 3.33. The summed E-state index contributed by atoms with van der Waals surface area (Å²) in [6.07, 6.45) is 0. The minimum atomic E-state index is -4.07. The standard InChI is InChI=1S/C14H12ClNO5S/c1-9-3-6-14(10(2)7-9)22(19,20)21-13-5-4-11(16(17)18)8-12(13)15/h3-8H,1-2H3. The van der Waals surface area contributed by atoms with Gasteiger partial charge in [0, 0.05) is 12.1 Å². The molecule has 8 heteroatoms. The van der Waals surface area contributed by atoms with E-state index in [4.69, 9.17) is 15.8 Å². The second-order valence-electron chi connectivity index (χ2n) is 4.68. The molecule has 2 aromatic rings. The van der Waals surface area contributed by atoms with E-state index in [-0.39, 0.29) is 21.4 Å². The van der Waals surface area contributed by atoms with Crippen LogP contribution in [0.1, 0.15) is 11.1 Å². The molecule has 0 radical (unpaired) electrons. The minimum Gasteiger partial charge on any atom is -0.377 e. The van der Waals surface area contributed by atoms with Crippen molar-refractivity contribution in [3.8, 4) is 5.75 Å². The van der Waals surface area contributed by atoms with Gasteiger partial charge in [-0.2, -0.15) is 8.42 Å². The number of non-ortho nitro benzene ring substituents is 1. The fraction of sp³-hybridized carbons (Fsp3) is 0.143. The molecular weight excluding hydrogens is 330 g/mol. The maximum Gasteiger partial charge on any atom is 0.339 e. The van der Waals surface area contributed by atoms with E-state index in [0.717, 1.165) is 23.8 Å². The molecule has 2 rings (SSSR count). The molecule has 0 saturated carbocycles. The molecule has 0 atom stereocenters. The molecule has 0 bridgehead atoms. The van der Waals surface area contributed by atoms with E-state index in [1.54, 1.807) is 19.1 Å². The Hall–Kier alpha value is -2.12. The zero-order chi connectivity index (χ0) is 16.5. The fourth-order valence-electron chi connectivity index (χ4n) is 1.91. The number of nitrogens with zero attached hydrogens (tertiary/aromatic N) is 1. The summed E-state index contributed by atoms with van der Waals surface area (Å²) >= 11 is 5.84. The molecule has 6 nitrogen and oxygen atoms in total. The van der Waals surface area contributed by atoms with Crippen molar-refractivity contribution in [2.45, 2.75) is 18.7 Å². The third-order valence-electron chi connectivity index (χ3n) is 2.93. The van der Waals surface area contributed by atoms with Gasteiger partial charge in [0.05, 0.1) is 9.95 Å². The maximum absolute atomic E-state index is 12.3. The lowest BCUT2D eigenvalue weighted by Gasteiger charge is -2.10. The molecule has 0 aliphatic carbocycles. The predicted octanol–water partition coefficient (Wildman–Crippen LogP) is 3.63. The van der Waals surface area contributed by atoms with E-state index in [2.05, 4.69) is 0 Å². The summed E-state index contributed by atoms with van der Waals surface area (Å²) in [5, 5.41) is 10.5.